The van der Waals surface area contributed by atoms with Crippen molar-refractivity contribution in [2.24, 2.45) is 0 Å². The molecule has 24 heavy (non-hydrogen) atoms. The molecule has 1 unspecified atom stereocenters. The van der Waals surface area contributed by atoms with E-state index < -0.39 is 0 Å². The summed E-state index contributed by atoms with van der Waals surface area (Å²) in [5, 5.41) is 12.7. The SMILES string of the molecule is Cc1cc(C)n(-c2nnc(SC(C)C(=O)N3CCOCC3)n2N)n1. The molecule has 0 bridgehead atoms. The van der Waals surface area contributed by atoms with Gasteiger partial charge in [0, 0.05) is 18.8 Å². The lowest BCUT2D eigenvalue weighted by atomic mass is 10.3. The fourth-order valence-corrected chi connectivity index (χ4v) is 3.42. The Morgan fingerprint density at radius 1 is 1.33 bits per heavy atom. The Morgan fingerprint density at radius 3 is 2.67 bits per heavy atom. The molecule has 0 spiro atoms. The molecular formula is C14H21N7O2S. The summed E-state index contributed by atoms with van der Waals surface area (Å²) in [5.74, 6) is 6.59. The van der Waals surface area contributed by atoms with Gasteiger partial charge in [0.1, 0.15) is 0 Å². The van der Waals surface area contributed by atoms with Crippen LogP contribution in [0.1, 0.15) is 18.3 Å². The average molecular weight is 351 g/mol. The van der Waals surface area contributed by atoms with Crippen molar-refractivity contribution in [3.63, 3.8) is 0 Å². The first kappa shape index (κ1) is 16.8. The van der Waals surface area contributed by atoms with Crippen LogP contribution >= 0.6 is 11.8 Å². The summed E-state index contributed by atoms with van der Waals surface area (Å²) in [4.78, 5) is 14.3. The third kappa shape index (κ3) is 3.24. The predicted octanol–water partition coefficient (Wildman–Crippen LogP) is 0.134. The third-order valence-electron chi connectivity index (χ3n) is 3.80. The quantitative estimate of drug-likeness (QED) is 0.617. The van der Waals surface area contributed by atoms with Crippen LogP contribution in [0.25, 0.3) is 5.95 Å². The van der Waals surface area contributed by atoms with Gasteiger partial charge in [-0.3, -0.25) is 4.79 Å². The molecule has 0 saturated carbocycles. The largest absolute Gasteiger partial charge is 0.378 e. The first-order chi connectivity index (χ1) is 11.5. The third-order valence-corrected chi connectivity index (χ3v) is 4.84. The number of aromatic nitrogens is 5. The monoisotopic (exact) mass is 351 g/mol. The van der Waals surface area contributed by atoms with Crippen LogP contribution in [0.2, 0.25) is 0 Å². The van der Waals surface area contributed by atoms with Crippen LogP contribution in [0.4, 0.5) is 0 Å². The topological polar surface area (TPSA) is 104 Å². The molecule has 130 valence electrons. The van der Waals surface area contributed by atoms with Gasteiger partial charge < -0.3 is 15.5 Å². The molecule has 2 aromatic rings. The number of aryl methyl sites for hydroxylation is 2. The van der Waals surface area contributed by atoms with Gasteiger partial charge in [-0.1, -0.05) is 11.8 Å². The highest BCUT2D eigenvalue weighted by Crippen LogP contribution is 2.23. The maximum Gasteiger partial charge on any atom is 0.271 e. The summed E-state index contributed by atoms with van der Waals surface area (Å²) in [5.41, 5.74) is 1.79. The Kier molecular flexibility index (Phi) is 4.76. The number of ether oxygens (including phenoxy) is 1. The van der Waals surface area contributed by atoms with E-state index in [0.717, 1.165) is 11.4 Å². The maximum absolute atomic E-state index is 12.5. The second-order valence-corrected chi connectivity index (χ2v) is 7.00. The van der Waals surface area contributed by atoms with Crippen molar-refractivity contribution in [1.29, 1.82) is 0 Å². The Bertz CT molecular complexity index is 736. The van der Waals surface area contributed by atoms with Crippen LogP contribution in [0, 0.1) is 13.8 Å². The number of morpholine rings is 1. The molecule has 0 radical (unpaired) electrons. The number of hydrogen-bond donors (Lipinski definition) is 1. The normalized spacial score (nSPS) is 16.4. The summed E-state index contributed by atoms with van der Waals surface area (Å²) in [6.07, 6.45) is 0. The number of nitrogens with two attached hydrogens (primary N) is 1. The van der Waals surface area contributed by atoms with E-state index in [1.54, 1.807) is 9.58 Å². The number of thioether (sulfide) groups is 1. The van der Waals surface area contributed by atoms with E-state index in [-0.39, 0.29) is 11.2 Å². The standard InChI is InChI=1S/C14H21N7O2S/c1-9-8-10(2)21(18-9)13-16-17-14(20(13)15)24-11(3)12(22)19-4-6-23-7-5-19/h8,11H,4-7,15H2,1-3H3. The van der Waals surface area contributed by atoms with Gasteiger partial charge in [0.05, 0.1) is 24.2 Å². The number of amides is 1. The fraction of sp³-hybridized carbons (Fsp3) is 0.571. The van der Waals surface area contributed by atoms with Crippen LogP contribution in [0.3, 0.4) is 0 Å². The molecule has 2 aromatic heterocycles. The summed E-state index contributed by atoms with van der Waals surface area (Å²) in [7, 11) is 0. The summed E-state index contributed by atoms with van der Waals surface area (Å²) in [6, 6.07) is 1.94. The second-order valence-electron chi connectivity index (χ2n) is 5.69. The van der Waals surface area contributed by atoms with Crippen LogP contribution in [0.5, 0.6) is 0 Å². The van der Waals surface area contributed by atoms with E-state index in [9.17, 15) is 4.79 Å². The highest BCUT2D eigenvalue weighted by Gasteiger charge is 2.25. The molecule has 1 aliphatic rings. The molecular weight excluding hydrogens is 330 g/mol. The lowest BCUT2D eigenvalue weighted by Gasteiger charge is -2.28. The van der Waals surface area contributed by atoms with Gasteiger partial charge in [-0.05, 0) is 26.8 Å². The predicted molar refractivity (Wildman–Crippen MR) is 89.5 cm³/mol. The number of nitrogens with zero attached hydrogens (tertiary/aromatic N) is 6. The van der Waals surface area contributed by atoms with E-state index >= 15 is 0 Å². The first-order valence-electron chi connectivity index (χ1n) is 7.74. The molecule has 1 aliphatic heterocycles. The highest BCUT2D eigenvalue weighted by molar-refractivity contribution is 8.00. The van der Waals surface area contributed by atoms with E-state index in [0.29, 0.717) is 37.4 Å². The molecule has 1 fully saturated rings. The average Bonchev–Trinajstić information content (AvgIpc) is 3.09. The Labute approximate surface area is 144 Å². The minimum Gasteiger partial charge on any atom is -0.378 e. The van der Waals surface area contributed by atoms with E-state index in [4.69, 9.17) is 10.6 Å². The number of carbonyl (C=O) groups is 1. The lowest BCUT2D eigenvalue weighted by Crippen LogP contribution is -2.44. The van der Waals surface area contributed by atoms with Gasteiger partial charge in [-0.15, -0.1) is 10.2 Å². The Hall–Kier alpha value is -2.07. The van der Waals surface area contributed by atoms with Crippen LogP contribution in [0.15, 0.2) is 11.2 Å². The minimum atomic E-state index is -0.303. The highest BCUT2D eigenvalue weighted by atomic mass is 32.2. The van der Waals surface area contributed by atoms with Crippen LogP contribution in [-0.2, 0) is 9.53 Å². The van der Waals surface area contributed by atoms with Gasteiger partial charge in [0.15, 0.2) is 0 Å². The number of rotatable bonds is 4. The Morgan fingerprint density at radius 2 is 2.04 bits per heavy atom. The second kappa shape index (κ2) is 6.81. The summed E-state index contributed by atoms with van der Waals surface area (Å²) in [6.45, 7) is 8.08. The van der Waals surface area contributed by atoms with Crippen molar-refractivity contribution in [3.8, 4) is 5.95 Å². The number of nitrogen functional groups attached to an aromatic ring is 1. The Balaban J connectivity index is 1.74. The van der Waals surface area contributed by atoms with Crippen molar-refractivity contribution in [3.05, 3.63) is 17.5 Å². The molecule has 0 aliphatic carbocycles. The fourth-order valence-electron chi connectivity index (χ4n) is 2.57. The van der Waals surface area contributed by atoms with Crippen LogP contribution in [-0.4, -0.2) is 67.0 Å². The molecule has 0 aromatic carbocycles. The van der Waals surface area contributed by atoms with Crippen molar-refractivity contribution in [2.75, 3.05) is 32.1 Å². The molecule has 1 atom stereocenters. The zero-order valence-corrected chi connectivity index (χ0v) is 14.8. The molecule has 3 heterocycles. The summed E-state index contributed by atoms with van der Waals surface area (Å²) < 4.78 is 8.28. The first-order valence-corrected chi connectivity index (χ1v) is 8.62. The van der Waals surface area contributed by atoms with Gasteiger partial charge in [-0.25, -0.2) is 9.36 Å². The van der Waals surface area contributed by atoms with Gasteiger partial charge >= 0.3 is 0 Å². The van der Waals surface area contributed by atoms with Gasteiger partial charge in [0.2, 0.25) is 11.1 Å². The smallest absolute Gasteiger partial charge is 0.271 e. The van der Waals surface area contributed by atoms with E-state index in [1.807, 2.05) is 26.8 Å². The summed E-state index contributed by atoms with van der Waals surface area (Å²) >= 11 is 1.29. The van der Waals surface area contributed by atoms with E-state index in [2.05, 4.69) is 15.3 Å². The molecule has 1 saturated heterocycles. The zero-order valence-electron chi connectivity index (χ0n) is 14.0. The van der Waals surface area contributed by atoms with Crippen molar-refractivity contribution in [2.45, 2.75) is 31.2 Å². The van der Waals surface area contributed by atoms with Crippen molar-refractivity contribution < 1.29 is 9.53 Å². The maximum atomic E-state index is 12.5. The van der Waals surface area contributed by atoms with Crippen molar-refractivity contribution in [1.82, 2.24) is 29.6 Å². The number of hydrogen-bond acceptors (Lipinski definition) is 7. The van der Waals surface area contributed by atoms with Crippen molar-refractivity contribution >= 4 is 17.7 Å². The zero-order chi connectivity index (χ0) is 17.3. The molecule has 9 nitrogen and oxygen atoms in total. The van der Waals surface area contributed by atoms with Crippen LogP contribution < -0.4 is 5.84 Å². The number of carbonyl (C=O) groups excluding carboxylic acids is 1. The minimum absolute atomic E-state index is 0.0546. The molecule has 1 amide bonds. The molecule has 3 rings (SSSR count). The van der Waals surface area contributed by atoms with Gasteiger partial charge in [0.25, 0.3) is 5.95 Å². The molecule has 10 heteroatoms. The van der Waals surface area contributed by atoms with Gasteiger partial charge in [-0.2, -0.15) is 5.10 Å². The van der Waals surface area contributed by atoms with E-state index in [1.165, 1.54) is 16.4 Å². The lowest BCUT2D eigenvalue weighted by molar-refractivity contribution is -0.134. The molecule has 2 N–H and O–H groups in total.